The number of nitrogens with two attached hydrogens (primary N) is 1. The lowest BCUT2D eigenvalue weighted by atomic mass is 9.94. The highest BCUT2D eigenvalue weighted by Crippen LogP contribution is 2.13. The number of primary amides is 1. The van der Waals surface area contributed by atoms with Gasteiger partial charge in [0.25, 0.3) is 0 Å². The van der Waals surface area contributed by atoms with Crippen molar-refractivity contribution in [2.45, 2.75) is 45.2 Å². The Hall–Kier alpha value is -1.30. The topological polar surface area (TPSA) is 104 Å². The molecule has 3 amide bonds. The van der Waals surface area contributed by atoms with Gasteiger partial charge in [-0.15, -0.1) is 0 Å². The first-order chi connectivity index (χ1) is 7.34. The van der Waals surface area contributed by atoms with Crippen molar-refractivity contribution in [2.24, 2.45) is 5.73 Å². The SMILES string of the molecule is CCC(C)(CCO)NC(=O)C(C)NC(N)=O. The average Bonchev–Trinajstić information content (AvgIpc) is 2.17. The van der Waals surface area contributed by atoms with Gasteiger partial charge in [-0.05, 0) is 26.7 Å². The van der Waals surface area contributed by atoms with Crippen molar-refractivity contribution in [1.29, 1.82) is 0 Å². The van der Waals surface area contributed by atoms with Gasteiger partial charge in [0.15, 0.2) is 0 Å². The number of carbonyl (C=O) groups excluding carboxylic acids is 2. The summed E-state index contributed by atoms with van der Waals surface area (Å²) in [6.45, 7) is 5.32. The lowest BCUT2D eigenvalue weighted by Crippen LogP contribution is -2.54. The van der Waals surface area contributed by atoms with Gasteiger partial charge in [0.2, 0.25) is 5.91 Å². The summed E-state index contributed by atoms with van der Waals surface area (Å²) in [5.74, 6) is -0.309. The Kier molecular flexibility index (Phi) is 5.81. The number of carbonyl (C=O) groups is 2. The molecule has 6 heteroatoms. The van der Waals surface area contributed by atoms with E-state index in [9.17, 15) is 9.59 Å². The van der Waals surface area contributed by atoms with E-state index >= 15 is 0 Å². The minimum atomic E-state index is -0.733. The Morgan fingerprint density at radius 1 is 1.50 bits per heavy atom. The fourth-order valence-corrected chi connectivity index (χ4v) is 1.26. The van der Waals surface area contributed by atoms with E-state index in [4.69, 9.17) is 10.8 Å². The Morgan fingerprint density at radius 3 is 2.44 bits per heavy atom. The lowest BCUT2D eigenvalue weighted by Gasteiger charge is -2.30. The molecule has 5 N–H and O–H groups in total. The normalized spacial score (nSPS) is 16.0. The first kappa shape index (κ1) is 14.7. The van der Waals surface area contributed by atoms with Crippen molar-refractivity contribution in [2.75, 3.05) is 6.61 Å². The van der Waals surface area contributed by atoms with Gasteiger partial charge in [-0.25, -0.2) is 4.79 Å². The molecule has 2 atom stereocenters. The molecule has 0 saturated heterocycles. The van der Waals surface area contributed by atoms with Crippen molar-refractivity contribution in [3.8, 4) is 0 Å². The highest BCUT2D eigenvalue weighted by Gasteiger charge is 2.26. The molecule has 0 aliphatic heterocycles. The molecule has 0 aromatic carbocycles. The molecule has 0 rings (SSSR count). The second-order valence-electron chi connectivity index (χ2n) is 4.11. The Bertz CT molecular complexity index is 258. The summed E-state index contributed by atoms with van der Waals surface area (Å²) in [7, 11) is 0. The largest absolute Gasteiger partial charge is 0.396 e. The van der Waals surface area contributed by atoms with Crippen molar-refractivity contribution < 1.29 is 14.7 Å². The van der Waals surface area contributed by atoms with Crippen LogP contribution in [0, 0.1) is 0 Å². The molecule has 0 aliphatic carbocycles. The fraction of sp³-hybridized carbons (Fsp3) is 0.800. The van der Waals surface area contributed by atoms with Crippen molar-refractivity contribution in [1.82, 2.24) is 10.6 Å². The van der Waals surface area contributed by atoms with E-state index in [1.807, 2.05) is 13.8 Å². The molecule has 2 unspecified atom stereocenters. The van der Waals surface area contributed by atoms with Crippen LogP contribution in [0.2, 0.25) is 0 Å². The van der Waals surface area contributed by atoms with E-state index in [0.29, 0.717) is 12.8 Å². The number of nitrogens with one attached hydrogen (secondary N) is 2. The molecular weight excluding hydrogens is 210 g/mol. The summed E-state index contributed by atoms with van der Waals surface area (Å²) in [4.78, 5) is 22.2. The van der Waals surface area contributed by atoms with Crippen LogP contribution in [0.25, 0.3) is 0 Å². The highest BCUT2D eigenvalue weighted by atomic mass is 16.3. The molecule has 0 radical (unpaired) electrons. The van der Waals surface area contributed by atoms with Crippen LogP contribution < -0.4 is 16.4 Å². The van der Waals surface area contributed by atoms with Gasteiger partial charge in [0.1, 0.15) is 6.04 Å². The van der Waals surface area contributed by atoms with Crippen molar-refractivity contribution in [3.05, 3.63) is 0 Å². The summed E-state index contributed by atoms with van der Waals surface area (Å²) in [5.41, 5.74) is 4.46. The van der Waals surface area contributed by atoms with Crippen LogP contribution in [-0.2, 0) is 4.79 Å². The third-order valence-corrected chi connectivity index (χ3v) is 2.62. The van der Waals surface area contributed by atoms with Gasteiger partial charge in [-0.1, -0.05) is 6.92 Å². The van der Waals surface area contributed by atoms with Crippen molar-refractivity contribution in [3.63, 3.8) is 0 Å². The molecule has 0 fully saturated rings. The van der Waals surface area contributed by atoms with E-state index in [2.05, 4.69) is 10.6 Å². The molecule has 94 valence electrons. The number of urea groups is 1. The van der Waals surface area contributed by atoms with E-state index in [1.165, 1.54) is 0 Å². The van der Waals surface area contributed by atoms with Gasteiger partial charge in [0.05, 0.1) is 0 Å². The molecule has 0 saturated carbocycles. The van der Waals surface area contributed by atoms with Gasteiger partial charge in [0, 0.05) is 12.1 Å². The Balaban J connectivity index is 4.34. The Morgan fingerprint density at radius 2 is 2.06 bits per heavy atom. The Labute approximate surface area is 95.6 Å². The van der Waals surface area contributed by atoms with Crippen LogP contribution in [-0.4, -0.2) is 35.2 Å². The molecule has 0 spiro atoms. The third-order valence-electron chi connectivity index (χ3n) is 2.62. The van der Waals surface area contributed by atoms with E-state index in [1.54, 1.807) is 6.92 Å². The first-order valence-corrected chi connectivity index (χ1v) is 5.33. The highest BCUT2D eigenvalue weighted by molar-refractivity contribution is 5.86. The maximum Gasteiger partial charge on any atom is 0.312 e. The number of aliphatic hydroxyl groups excluding tert-OH is 1. The first-order valence-electron chi connectivity index (χ1n) is 5.33. The van der Waals surface area contributed by atoms with Gasteiger partial charge in [-0.3, -0.25) is 4.79 Å². The summed E-state index contributed by atoms with van der Waals surface area (Å²) >= 11 is 0. The molecule has 0 bridgehead atoms. The van der Waals surface area contributed by atoms with E-state index in [0.717, 1.165) is 0 Å². The van der Waals surface area contributed by atoms with Crippen LogP contribution in [0.15, 0.2) is 0 Å². The fourth-order valence-electron chi connectivity index (χ4n) is 1.26. The number of amides is 3. The minimum Gasteiger partial charge on any atom is -0.396 e. The summed E-state index contributed by atoms with van der Waals surface area (Å²) < 4.78 is 0. The molecule has 0 aromatic rings. The van der Waals surface area contributed by atoms with E-state index in [-0.39, 0.29) is 12.5 Å². The third kappa shape index (κ3) is 4.97. The molecule has 0 aromatic heterocycles. The zero-order chi connectivity index (χ0) is 12.8. The predicted molar refractivity (Wildman–Crippen MR) is 60.7 cm³/mol. The lowest BCUT2D eigenvalue weighted by molar-refractivity contribution is -0.124. The van der Waals surface area contributed by atoms with Gasteiger partial charge >= 0.3 is 6.03 Å². The van der Waals surface area contributed by atoms with Crippen LogP contribution in [0.4, 0.5) is 4.79 Å². The van der Waals surface area contributed by atoms with Crippen LogP contribution in [0.5, 0.6) is 0 Å². The van der Waals surface area contributed by atoms with Crippen LogP contribution in [0.1, 0.15) is 33.6 Å². The zero-order valence-electron chi connectivity index (χ0n) is 10.0. The molecule has 0 aliphatic rings. The second-order valence-corrected chi connectivity index (χ2v) is 4.11. The predicted octanol–water partition coefficient (Wildman–Crippen LogP) is -0.289. The number of rotatable bonds is 6. The molecular formula is C10H21N3O3. The number of hydrogen-bond donors (Lipinski definition) is 4. The quantitative estimate of drug-likeness (QED) is 0.505. The maximum absolute atomic E-state index is 11.7. The summed E-state index contributed by atoms with van der Waals surface area (Å²) in [5, 5.41) is 14.0. The minimum absolute atomic E-state index is 0.00223. The molecule has 16 heavy (non-hydrogen) atoms. The monoisotopic (exact) mass is 231 g/mol. The number of hydrogen-bond acceptors (Lipinski definition) is 3. The number of aliphatic hydroxyl groups is 1. The average molecular weight is 231 g/mol. The summed E-state index contributed by atoms with van der Waals surface area (Å²) in [6, 6.07) is -1.41. The van der Waals surface area contributed by atoms with Crippen LogP contribution in [0.3, 0.4) is 0 Å². The van der Waals surface area contributed by atoms with Crippen molar-refractivity contribution >= 4 is 11.9 Å². The standard InChI is InChI=1S/C10H21N3O3/c1-4-10(3,5-6-14)13-8(15)7(2)12-9(11)16/h7,14H,4-6H2,1-3H3,(H,13,15)(H3,11,12,16). The second kappa shape index (κ2) is 6.32. The van der Waals surface area contributed by atoms with E-state index < -0.39 is 17.6 Å². The van der Waals surface area contributed by atoms with Crippen LogP contribution >= 0.6 is 0 Å². The molecule has 6 nitrogen and oxygen atoms in total. The molecule has 0 heterocycles. The van der Waals surface area contributed by atoms with Gasteiger partial charge < -0.3 is 21.5 Å². The summed E-state index contributed by atoms with van der Waals surface area (Å²) in [6.07, 6.45) is 1.17. The zero-order valence-corrected chi connectivity index (χ0v) is 10.0. The smallest absolute Gasteiger partial charge is 0.312 e. The maximum atomic E-state index is 11.7. The van der Waals surface area contributed by atoms with Gasteiger partial charge in [-0.2, -0.15) is 0 Å².